The van der Waals surface area contributed by atoms with Crippen LogP contribution in [0.2, 0.25) is 0 Å². The standard InChI is InChI=1S/C13H12N6O2/c1-2-12(20)16-10-8-11(19-14-5-6-15-19)18-13(17-10)9-4-3-7-21-9/h3-8H,2H2,1H3,(H,16,17,18,20). The summed E-state index contributed by atoms with van der Waals surface area (Å²) in [5, 5.41) is 10.7. The molecular formula is C13H12N6O2. The monoisotopic (exact) mass is 284 g/mol. The zero-order chi connectivity index (χ0) is 14.7. The van der Waals surface area contributed by atoms with Crippen LogP contribution in [0.3, 0.4) is 0 Å². The number of anilines is 1. The zero-order valence-corrected chi connectivity index (χ0v) is 11.2. The first-order chi connectivity index (χ1) is 10.3. The van der Waals surface area contributed by atoms with Crippen molar-refractivity contribution in [2.24, 2.45) is 0 Å². The Morgan fingerprint density at radius 2 is 2.14 bits per heavy atom. The van der Waals surface area contributed by atoms with Crippen LogP contribution in [0.15, 0.2) is 41.3 Å². The molecule has 0 aliphatic rings. The predicted molar refractivity (Wildman–Crippen MR) is 73.6 cm³/mol. The molecule has 0 radical (unpaired) electrons. The zero-order valence-electron chi connectivity index (χ0n) is 11.2. The van der Waals surface area contributed by atoms with Gasteiger partial charge in [-0.05, 0) is 12.1 Å². The van der Waals surface area contributed by atoms with Gasteiger partial charge >= 0.3 is 0 Å². The third-order valence-corrected chi connectivity index (χ3v) is 2.67. The van der Waals surface area contributed by atoms with Crippen molar-refractivity contribution in [2.45, 2.75) is 13.3 Å². The van der Waals surface area contributed by atoms with Crippen LogP contribution < -0.4 is 5.32 Å². The first-order valence-electron chi connectivity index (χ1n) is 6.36. The van der Waals surface area contributed by atoms with Crippen LogP contribution in [0.4, 0.5) is 5.82 Å². The fraction of sp³-hybridized carbons (Fsp3) is 0.154. The average Bonchev–Trinajstić information content (AvgIpc) is 3.20. The molecule has 0 aliphatic carbocycles. The molecule has 0 unspecified atom stereocenters. The van der Waals surface area contributed by atoms with E-state index in [0.29, 0.717) is 29.6 Å². The number of amides is 1. The molecule has 106 valence electrons. The molecule has 0 saturated heterocycles. The Morgan fingerprint density at radius 1 is 1.33 bits per heavy atom. The van der Waals surface area contributed by atoms with E-state index in [1.807, 2.05) is 0 Å². The number of aromatic nitrogens is 5. The molecule has 1 amide bonds. The van der Waals surface area contributed by atoms with Gasteiger partial charge in [0.15, 0.2) is 17.4 Å². The summed E-state index contributed by atoms with van der Waals surface area (Å²) in [6.45, 7) is 1.76. The molecule has 8 nitrogen and oxygen atoms in total. The van der Waals surface area contributed by atoms with E-state index in [4.69, 9.17) is 4.42 Å². The number of furan rings is 1. The predicted octanol–water partition coefficient (Wildman–Crippen LogP) is 1.67. The Balaban J connectivity index is 2.06. The van der Waals surface area contributed by atoms with Crippen molar-refractivity contribution in [1.29, 1.82) is 0 Å². The van der Waals surface area contributed by atoms with Crippen LogP contribution in [0.25, 0.3) is 17.4 Å². The van der Waals surface area contributed by atoms with Crippen molar-refractivity contribution in [2.75, 3.05) is 5.32 Å². The van der Waals surface area contributed by atoms with Crippen LogP contribution in [0.1, 0.15) is 13.3 Å². The molecule has 1 N–H and O–H groups in total. The van der Waals surface area contributed by atoms with E-state index in [9.17, 15) is 4.79 Å². The average molecular weight is 284 g/mol. The summed E-state index contributed by atoms with van der Waals surface area (Å²) in [4.78, 5) is 21.5. The van der Waals surface area contributed by atoms with E-state index in [1.165, 1.54) is 11.1 Å². The molecule has 3 heterocycles. The lowest BCUT2D eigenvalue weighted by molar-refractivity contribution is -0.115. The molecule has 8 heteroatoms. The second kappa shape index (κ2) is 5.53. The molecule has 3 rings (SSSR count). The van der Waals surface area contributed by atoms with E-state index in [0.717, 1.165) is 0 Å². The Kier molecular flexibility index (Phi) is 3.42. The lowest BCUT2D eigenvalue weighted by Crippen LogP contribution is -2.13. The van der Waals surface area contributed by atoms with Gasteiger partial charge in [0.25, 0.3) is 0 Å². The van der Waals surface area contributed by atoms with E-state index >= 15 is 0 Å². The highest BCUT2D eigenvalue weighted by atomic mass is 16.3. The van der Waals surface area contributed by atoms with Crippen molar-refractivity contribution in [1.82, 2.24) is 25.0 Å². The number of nitrogens with one attached hydrogen (secondary N) is 1. The van der Waals surface area contributed by atoms with Crippen molar-refractivity contribution >= 4 is 11.7 Å². The number of hydrogen-bond donors (Lipinski definition) is 1. The minimum Gasteiger partial charge on any atom is -0.461 e. The Labute approximate surface area is 119 Å². The summed E-state index contributed by atoms with van der Waals surface area (Å²) in [5.41, 5.74) is 0. The van der Waals surface area contributed by atoms with Gasteiger partial charge in [0.1, 0.15) is 5.82 Å². The molecule has 3 aromatic heterocycles. The van der Waals surface area contributed by atoms with Gasteiger partial charge in [-0.15, -0.1) is 4.80 Å². The molecule has 0 aromatic carbocycles. The van der Waals surface area contributed by atoms with E-state index < -0.39 is 0 Å². The van der Waals surface area contributed by atoms with Crippen molar-refractivity contribution in [3.63, 3.8) is 0 Å². The summed E-state index contributed by atoms with van der Waals surface area (Å²) in [6, 6.07) is 5.07. The third-order valence-electron chi connectivity index (χ3n) is 2.67. The largest absolute Gasteiger partial charge is 0.461 e. The highest BCUT2D eigenvalue weighted by Crippen LogP contribution is 2.19. The quantitative estimate of drug-likeness (QED) is 0.782. The van der Waals surface area contributed by atoms with Crippen molar-refractivity contribution in [3.8, 4) is 17.4 Å². The van der Waals surface area contributed by atoms with Gasteiger partial charge in [0, 0.05) is 12.5 Å². The van der Waals surface area contributed by atoms with Gasteiger partial charge in [-0.1, -0.05) is 6.92 Å². The fourth-order valence-electron chi connectivity index (χ4n) is 1.68. The second-order valence-electron chi connectivity index (χ2n) is 4.13. The number of rotatable bonds is 4. The summed E-state index contributed by atoms with van der Waals surface area (Å²) < 4.78 is 5.29. The highest BCUT2D eigenvalue weighted by Gasteiger charge is 2.12. The van der Waals surface area contributed by atoms with Crippen LogP contribution in [0, 0.1) is 0 Å². The van der Waals surface area contributed by atoms with Gasteiger partial charge in [0.2, 0.25) is 5.91 Å². The SMILES string of the molecule is CCC(=O)Nc1cc(-n2nccn2)nc(-c2ccco2)n1. The first-order valence-corrected chi connectivity index (χ1v) is 6.36. The number of carbonyl (C=O) groups is 1. The van der Waals surface area contributed by atoms with Crippen LogP contribution in [-0.2, 0) is 4.79 Å². The summed E-state index contributed by atoms with van der Waals surface area (Å²) in [5.74, 6) is 1.51. The molecule has 21 heavy (non-hydrogen) atoms. The van der Waals surface area contributed by atoms with Gasteiger partial charge in [-0.3, -0.25) is 4.79 Å². The van der Waals surface area contributed by atoms with Gasteiger partial charge in [-0.2, -0.15) is 10.2 Å². The Morgan fingerprint density at radius 3 is 2.81 bits per heavy atom. The molecule has 0 spiro atoms. The van der Waals surface area contributed by atoms with Crippen LogP contribution in [0.5, 0.6) is 0 Å². The van der Waals surface area contributed by atoms with E-state index in [-0.39, 0.29) is 5.91 Å². The number of carbonyl (C=O) groups excluding carboxylic acids is 1. The van der Waals surface area contributed by atoms with Crippen molar-refractivity contribution < 1.29 is 9.21 Å². The maximum atomic E-state index is 11.5. The topological polar surface area (TPSA) is 98.7 Å². The van der Waals surface area contributed by atoms with Crippen molar-refractivity contribution in [3.05, 3.63) is 36.9 Å². The Bertz CT molecular complexity index is 684. The van der Waals surface area contributed by atoms with Gasteiger partial charge in [0.05, 0.1) is 18.7 Å². The molecule has 0 fully saturated rings. The first kappa shape index (κ1) is 13.0. The smallest absolute Gasteiger partial charge is 0.225 e. The molecule has 0 atom stereocenters. The van der Waals surface area contributed by atoms with E-state index in [1.54, 1.807) is 37.5 Å². The summed E-state index contributed by atoms with van der Waals surface area (Å²) in [6.07, 6.45) is 4.97. The summed E-state index contributed by atoms with van der Waals surface area (Å²) in [7, 11) is 0. The molecule has 0 bridgehead atoms. The van der Waals surface area contributed by atoms with Gasteiger partial charge < -0.3 is 9.73 Å². The lowest BCUT2D eigenvalue weighted by Gasteiger charge is -2.07. The fourth-order valence-corrected chi connectivity index (χ4v) is 1.68. The number of nitrogens with zero attached hydrogens (tertiary/aromatic N) is 5. The minimum atomic E-state index is -0.140. The second-order valence-corrected chi connectivity index (χ2v) is 4.13. The number of hydrogen-bond acceptors (Lipinski definition) is 6. The lowest BCUT2D eigenvalue weighted by atomic mass is 10.4. The molecular weight excluding hydrogens is 272 g/mol. The maximum absolute atomic E-state index is 11.5. The molecule has 0 aliphatic heterocycles. The normalized spacial score (nSPS) is 10.5. The maximum Gasteiger partial charge on any atom is 0.225 e. The molecule has 3 aromatic rings. The third kappa shape index (κ3) is 2.78. The Hall–Kier alpha value is -3.03. The van der Waals surface area contributed by atoms with Gasteiger partial charge in [-0.25, -0.2) is 9.97 Å². The highest BCUT2D eigenvalue weighted by molar-refractivity contribution is 5.89. The summed E-state index contributed by atoms with van der Waals surface area (Å²) >= 11 is 0. The van der Waals surface area contributed by atoms with E-state index in [2.05, 4.69) is 25.5 Å². The van der Waals surface area contributed by atoms with Crippen LogP contribution in [-0.4, -0.2) is 30.9 Å². The van der Waals surface area contributed by atoms with Crippen LogP contribution >= 0.6 is 0 Å². The molecule has 0 saturated carbocycles. The minimum absolute atomic E-state index is 0.140.